The second kappa shape index (κ2) is 8.90. The van der Waals surface area contributed by atoms with Crippen molar-refractivity contribution in [1.82, 2.24) is 5.32 Å². The average molecular weight is 243 g/mol. The summed E-state index contributed by atoms with van der Waals surface area (Å²) >= 11 is 0. The fourth-order valence-corrected chi connectivity index (χ4v) is 2.50. The molecule has 1 rings (SSSR count). The van der Waals surface area contributed by atoms with Crippen molar-refractivity contribution < 1.29 is 9.47 Å². The first-order valence-corrected chi connectivity index (χ1v) is 7.10. The maximum atomic E-state index is 6.02. The smallest absolute Gasteiger partial charge is 0.0645 e. The fourth-order valence-electron chi connectivity index (χ4n) is 2.50. The Morgan fingerprint density at radius 2 is 2.12 bits per heavy atom. The summed E-state index contributed by atoms with van der Waals surface area (Å²) in [5.74, 6) is 0.832. The number of ether oxygens (including phenoxy) is 2. The van der Waals surface area contributed by atoms with E-state index in [2.05, 4.69) is 19.2 Å². The zero-order valence-corrected chi connectivity index (χ0v) is 11.7. The van der Waals surface area contributed by atoms with Crippen LogP contribution < -0.4 is 5.32 Å². The van der Waals surface area contributed by atoms with Crippen molar-refractivity contribution in [2.24, 2.45) is 5.92 Å². The van der Waals surface area contributed by atoms with Gasteiger partial charge in [-0.2, -0.15) is 0 Å². The van der Waals surface area contributed by atoms with E-state index in [0.29, 0.717) is 12.1 Å². The maximum absolute atomic E-state index is 6.02. The lowest BCUT2D eigenvalue weighted by Crippen LogP contribution is -2.39. The van der Waals surface area contributed by atoms with Gasteiger partial charge in [-0.15, -0.1) is 0 Å². The van der Waals surface area contributed by atoms with Gasteiger partial charge in [0.15, 0.2) is 0 Å². The predicted octanol–water partition coefficient (Wildman–Crippen LogP) is 2.60. The summed E-state index contributed by atoms with van der Waals surface area (Å²) in [6.45, 7) is 7.07. The quantitative estimate of drug-likeness (QED) is 0.711. The summed E-state index contributed by atoms with van der Waals surface area (Å²) in [4.78, 5) is 0. The maximum Gasteiger partial charge on any atom is 0.0645 e. The molecule has 1 aliphatic carbocycles. The molecule has 0 bridgehead atoms. The molecule has 0 radical (unpaired) electrons. The van der Waals surface area contributed by atoms with Crippen molar-refractivity contribution in [3.8, 4) is 0 Å². The zero-order chi connectivity index (χ0) is 12.5. The first-order valence-electron chi connectivity index (χ1n) is 7.10. The van der Waals surface area contributed by atoms with E-state index in [9.17, 15) is 0 Å². The molecule has 102 valence electrons. The van der Waals surface area contributed by atoms with Crippen LogP contribution in [-0.4, -0.2) is 39.0 Å². The van der Waals surface area contributed by atoms with Gasteiger partial charge in [0.1, 0.15) is 0 Å². The summed E-state index contributed by atoms with van der Waals surface area (Å²) in [5.41, 5.74) is 0. The minimum absolute atomic E-state index is 0.345. The highest BCUT2D eigenvalue weighted by molar-refractivity contribution is 4.72. The lowest BCUT2D eigenvalue weighted by Gasteiger charge is -2.28. The molecule has 0 saturated heterocycles. The van der Waals surface area contributed by atoms with E-state index in [4.69, 9.17) is 9.47 Å². The van der Waals surface area contributed by atoms with Gasteiger partial charge in [0, 0.05) is 7.11 Å². The number of hydrogen-bond acceptors (Lipinski definition) is 3. The molecule has 1 aliphatic rings. The van der Waals surface area contributed by atoms with E-state index in [0.717, 1.165) is 32.1 Å². The second-order valence-electron chi connectivity index (χ2n) is 5.33. The van der Waals surface area contributed by atoms with Crippen molar-refractivity contribution in [3.63, 3.8) is 0 Å². The Morgan fingerprint density at radius 1 is 1.29 bits per heavy atom. The molecule has 0 aromatic rings. The van der Waals surface area contributed by atoms with Crippen LogP contribution in [0.15, 0.2) is 0 Å². The molecule has 3 atom stereocenters. The summed E-state index contributed by atoms with van der Waals surface area (Å²) in [7, 11) is 1.75. The van der Waals surface area contributed by atoms with Crippen LogP contribution in [0.1, 0.15) is 46.0 Å². The van der Waals surface area contributed by atoms with Crippen LogP contribution in [0, 0.1) is 5.92 Å². The van der Waals surface area contributed by atoms with E-state index < -0.39 is 0 Å². The van der Waals surface area contributed by atoms with Gasteiger partial charge in [0.05, 0.1) is 25.4 Å². The Balaban J connectivity index is 2.19. The van der Waals surface area contributed by atoms with E-state index in [1.165, 1.54) is 25.7 Å². The van der Waals surface area contributed by atoms with Gasteiger partial charge in [-0.3, -0.25) is 0 Å². The summed E-state index contributed by atoms with van der Waals surface area (Å²) in [6.07, 6.45) is 6.78. The molecule has 3 unspecified atom stereocenters. The third-order valence-electron chi connectivity index (χ3n) is 3.47. The molecule has 0 spiro atoms. The summed E-state index contributed by atoms with van der Waals surface area (Å²) in [5, 5.41) is 3.47. The van der Waals surface area contributed by atoms with Gasteiger partial charge in [0.2, 0.25) is 0 Å². The lowest BCUT2D eigenvalue weighted by molar-refractivity contribution is -0.00667. The lowest BCUT2D eigenvalue weighted by atomic mass is 9.89. The van der Waals surface area contributed by atoms with E-state index in [1.807, 2.05) is 0 Å². The Labute approximate surface area is 106 Å². The Kier molecular flexibility index (Phi) is 7.82. The van der Waals surface area contributed by atoms with Crippen LogP contribution in [0.2, 0.25) is 0 Å². The number of methoxy groups -OCH3 is 1. The molecule has 0 heterocycles. The number of nitrogens with one attached hydrogen (secondary N) is 1. The van der Waals surface area contributed by atoms with Crippen molar-refractivity contribution >= 4 is 0 Å². The minimum atomic E-state index is 0.345. The van der Waals surface area contributed by atoms with Crippen LogP contribution in [0.3, 0.4) is 0 Å². The zero-order valence-electron chi connectivity index (χ0n) is 11.7. The van der Waals surface area contributed by atoms with Crippen LogP contribution >= 0.6 is 0 Å². The van der Waals surface area contributed by atoms with Gasteiger partial charge >= 0.3 is 0 Å². The molecule has 0 amide bonds. The van der Waals surface area contributed by atoms with Gasteiger partial charge in [0.25, 0.3) is 0 Å². The summed E-state index contributed by atoms with van der Waals surface area (Å²) < 4.78 is 11.2. The molecular formula is C14H29NO2. The third kappa shape index (κ3) is 6.39. The highest BCUT2D eigenvalue weighted by atomic mass is 16.5. The minimum Gasteiger partial charge on any atom is -0.383 e. The van der Waals surface area contributed by atoms with Crippen molar-refractivity contribution in [2.45, 2.75) is 58.1 Å². The first kappa shape index (κ1) is 14.9. The van der Waals surface area contributed by atoms with Gasteiger partial charge in [-0.1, -0.05) is 26.7 Å². The topological polar surface area (TPSA) is 30.5 Å². The molecule has 0 aliphatic heterocycles. The van der Waals surface area contributed by atoms with Crippen LogP contribution in [0.25, 0.3) is 0 Å². The standard InChI is InChI=1S/C14H29NO2/c1-4-8-15-13(10-16-3)11-17-14-7-5-6-12(2)9-14/h12-15H,4-11H2,1-3H3. The van der Waals surface area contributed by atoms with Crippen LogP contribution in [0.4, 0.5) is 0 Å². The van der Waals surface area contributed by atoms with Crippen LogP contribution in [-0.2, 0) is 9.47 Å². The van der Waals surface area contributed by atoms with E-state index in [-0.39, 0.29) is 0 Å². The monoisotopic (exact) mass is 243 g/mol. The largest absolute Gasteiger partial charge is 0.383 e. The molecule has 0 aromatic heterocycles. The molecule has 0 aromatic carbocycles. The molecule has 17 heavy (non-hydrogen) atoms. The highest BCUT2D eigenvalue weighted by Crippen LogP contribution is 2.25. The Bertz CT molecular complexity index is 187. The number of rotatable bonds is 8. The Hall–Kier alpha value is -0.120. The van der Waals surface area contributed by atoms with Crippen molar-refractivity contribution in [3.05, 3.63) is 0 Å². The van der Waals surface area contributed by atoms with Crippen LogP contribution in [0.5, 0.6) is 0 Å². The molecule has 3 nitrogen and oxygen atoms in total. The average Bonchev–Trinajstić information content (AvgIpc) is 2.33. The molecular weight excluding hydrogens is 214 g/mol. The molecule has 3 heteroatoms. The Morgan fingerprint density at radius 3 is 2.76 bits per heavy atom. The van der Waals surface area contributed by atoms with Crippen molar-refractivity contribution in [2.75, 3.05) is 26.9 Å². The highest BCUT2D eigenvalue weighted by Gasteiger charge is 2.20. The molecule has 1 fully saturated rings. The summed E-state index contributed by atoms with van der Waals surface area (Å²) in [6, 6.07) is 0.345. The first-order chi connectivity index (χ1) is 8.26. The third-order valence-corrected chi connectivity index (χ3v) is 3.47. The van der Waals surface area contributed by atoms with Gasteiger partial charge in [-0.25, -0.2) is 0 Å². The van der Waals surface area contributed by atoms with Crippen molar-refractivity contribution in [1.29, 1.82) is 0 Å². The van der Waals surface area contributed by atoms with Gasteiger partial charge < -0.3 is 14.8 Å². The number of hydrogen-bond donors (Lipinski definition) is 1. The normalized spacial score (nSPS) is 27.0. The van der Waals surface area contributed by atoms with Gasteiger partial charge in [-0.05, 0) is 31.7 Å². The second-order valence-corrected chi connectivity index (χ2v) is 5.33. The van der Waals surface area contributed by atoms with E-state index >= 15 is 0 Å². The van der Waals surface area contributed by atoms with E-state index in [1.54, 1.807) is 7.11 Å². The predicted molar refractivity (Wildman–Crippen MR) is 71.3 cm³/mol. The molecule has 1 N–H and O–H groups in total. The fraction of sp³-hybridized carbons (Fsp3) is 1.00. The molecule has 1 saturated carbocycles. The SMILES string of the molecule is CCCNC(COC)COC1CCCC(C)C1.